The van der Waals surface area contributed by atoms with E-state index in [9.17, 15) is 14.4 Å². The van der Waals surface area contributed by atoms with E-state index in [2.05, 4.69) is 15.5 Å². The van der Waals surface area contributed by atoms with Crippen LogP contribution in [-0.2, 0) is 13.0 Å². The molecule has 0 aliphatic heterocycles. The van der Waals surface area contributed by atoms with Crippen molar-refractivity contribution in [2.75, 3.05) is 11.1 Å². The molecule has 0 unspecified atom stereocenters. The second kappa shape index (κ2) is 10.6. The molecule has 2 N–H and O–H groups in total. The van der Waals surface area contributed by atoms with Gasteiger partial charge in [-0.1, -0.05) is 60.3 Å². The van der Waals surface area contributed by atoms with Gasteiger partial charge in [-0.15, -0.1) is 5.10 Å². The van der Waals surface area contributed by atoms with Gasteiger partial charge in [0.1, 0.15) is 0 Å². The SMILES string of the molecule is O=C(CSc1n[nH]c(=O)n1CCc1ccccc1)c1ccc(NC(=O)c2ccccc2)cc1. The minimum absolute atomic E-state index is 0.0917. The molecule has 8 heteroatoms. The number of nitrogens with one attached hydrogen (secondary N) is 2. The Bertz CT molecular complexity index is 1280. The maximum atomic E-state index is 12.6. The summed E-state index contributed by atoms with van der Waals surface area (Å²) in [4.78, 5) is 37.0. The molecule has 0 atom stereocenters. The maximum absolute atomic E-state index is 12.6. The monoisotopic (exact) mass is 458 g/mol. The third-order valence-corrected chi connectivity index (χ3v) is 6.00. The summed E-state index contributed by atoms with van der Waals surface area (Å²) in [5.74, 6) is -0.158. The van der Waals surface area contributed by atoms with Crippen LogP contribution in [0, 0.1) is 0 Å². The number of nitrogens with zero attached hydrogens (tertiary/aromatic N) is 2. The van der Waals surface area contributed by atoms with Crippen LogP contribution in [0.25, 0.3) is 0 Å². The van der Waals surface area contributed by atoms with E-state index in [4.69, 9.17) is 0 Å². The normalized spacial score (nSPS) is 10.7. The Balaban J connectivity index is 1.33. The Morgan fingerprint density at radius 1 is 0.879 bits per heavy atom. The first kappa shape index (κ1) is 22.3. The molecule has 0 bridgehead atoms. The molecule has 33 heavy (non-hydrogen) atoms. The van der Waals surface area contributed by atoms with Gasteiger partial charge in [-0.25, -0.2) is 9.89 Å². The van der Waals surface area contributed by atoms with Crippen molar-refractivity contribution in [2.45, 2.75) is 18.1 Å². The number of rotatable bonds is 9. The van der Waals surface area contributed by atoms with Gasteiger partial charge >= 0.3 is 5.69 Å². The van der Waals surface area contributed by atoms with Crippen LogP contribution in [0.1, 0.15) is 26.3 Å². The minimum Gasteiger partial charge on any atom is -0.322 e. The first-order valence-electron chi connectivity index (χ1n) is 10.4. The molecule has 0 aliphatic rings. The number of aromatic nitrogens is 3. The van der Waals surface area contributed by atoms with E-state index in [1.165, 1.54) is 11.8 Å². The molecule has 0 aliphatic carbocycles. The zero-order valence-electron chi connectivity index (χ0n) is 17.7. The second-order valence-corrected chi connectivity index (χ2v) is 8.25. The Kier molecular flexibility index (Phi) is 7.16. The average molecular weight is 459 g/mol. The van der Waals surface area contributed by atoms with E-state index >= 15 is 0 Å². The molecule has 0 saturated heterocycles. The van der Waals surface area contributed by atoms with Crippen LogP contribution in [0.2, 0.25) is 0 Å². The molecule has 0 saturated carbocycles. The van der Waals surface area contributed by atoms with Crippen molar-refractivity contribution in [3.8, 4) is 0 Å². The summed E-state index contributed by atoms with van der Waals surface area (Å²) in [6.07, 6.45) is 0.692. The van der Waals surface area contributed by atoms with Crippen molar-refractivity contribution in [1.82, 2.24) is 14.8 Å². The molecule has 1 amide bonds. The van der Waals surface area contributed by atoms with Gasteiger partial charge in [0.05, 0.1) is 5.75 Å². The summed E-state index contributed by atoms with van der Waals surface area (Å²) in [6.45, 7) is 0.478. The lowest BCUT2D eigenvalue weighted by molar-refractivity contribution is 0.101. The maximum Gasteiger partial charge on any atom is 0.343 e. The molecule has 4 aromatic rings. The molecule has 7 nitrogen and oxygen atoms in total. The summed E-state index contributed by atoms with van der Waals surface area (Å²) < 4.78 is 1.55. The van der Waals surface area contributed by atoms with Gasteiger partial charge in [0.15, 0.2) is 10.9 Å². The van der Waals surface area contributed by atoms with Crippen LogP contribution in [0.3, 0.4) is 0 Å². The zero-order valence-corrected chi connectivity index (χ0v) is 18.5. The average Bonchev–Trinajstić information content (AvgIpc) is 3.22. The fraction of sp³-hybridized carbons (Fsp3) is 0.120. The molecule has 0 fully saturated rings. The largest absolute Gasteiger partial charge is 0.343 e. The highest BCUT2D eigenvalue weighted by molar-refractivity contribution is 7.99. The number of hydrogen-bond donors (Lipinski definition) is 2. The first-order valence-corrected chi connectivity index (χ1v) is 11.4. The molecule has 4 rings (SSSR count). The van der Waals surface area contributed by atoms with Crippen molar-refractivity contribution < 1.29 is 9.59 Å². The van der Waals surface area contributed by atoms with E-state index < -0.39 is 0 Å². The van der Waals surface area contributed by atoms with E-state index in [-0.39, 0.29) is 23.1 Å². The van der Waals surface area contributed by atoms with Crippen molar-refractivity contribution in [1.29, 1.82) is 0 Å². The number of Topliss-reactive ketones (excluding diaryl/α,β-unsaturated/α-hetero) is 1. The van der Waals surface area contributed by atoms with Gasteiger partial charge < -0.3 is 5.32 Å². The molecule has 1 aromatic heterocycles. The first-order chi connectivity index (χ1) is 16.1. The molecule has 3 aromatic carbocycles. The number of carbonyl (C=O) groups excluding carboxylic acids is 2. The van der Waals surface area contributed by atoms with Crippen LogP contribution in [0.15, 0.2) is 94.9 Å². The van der Waals surface area contributed by atoms with Gasteiger partial charge in [-0.2, -0.15) is 0 Å². The highest BCUT2D eigenvalue weighted by Gasteiger charge is 2.13. The Labute approximate surface area is 194 Å². The van der Waals surface area contributed by atoms with Gasteiger partial charge in [-0.05, 0) is 48.4 Å². The number of anilines is 1. The lowest BCUT2D eigenvalue weighted by atomic mass is 10.1. The highest BCUT2D eigenvalue weighted by atomic mass is 32.2. The predicted molar refractivity (Wildman–Crippen MR) is 129 cm³/mol. The van der Waals surface area contributed by atoms with Crippen molar-refractivity contribution in [2.24, 2.45) is 0 Å². The van der Waals surface area contributed by atoms with Crippen LogP contribution >= 0.6 is 11.8 Å². The number of benzene rings is 3. The van der Waals surface area contributed by atoms with Crippen molar-refractivity contribution in [3.05, 3.63) is 112 Å². The Hall–Kier alpha value is -3.91. The van der Waals surface area contributed by atoms with Crippen molar-refractivity contribution >= 4 is 29.1 Å². The molecule has 166 valence electrons. The lowest BCUT2D eigenvalue weighted by Gasteiger charge is -2.07. The summed E-state index contributed by atoms with van der Waals surface area (Å²) in [5.41, 5.74) is 2.52. The summed E-state index contributed by atoms with van der Waals surface area (Å²) in [6, 6.07) is 25.5. The van der Waals surface area contributed by atoms with E-state index in [0.29, 0.717) is 34.9 Å². The van der Waals surface area contributed by atoms with Crippen LogP contribution in [0.4, 0.5) is 5.69 Å². The molecular formula is C25H22N4O3S. The fourth-order valence-electron chi connectivity index (χ4n) is 3.24. The highest BCUT2D eigenvalue weighted by Crippen LogP contribution is 2.18. The minimum atomic E-state index is -0.292. The summed E-state index contributed by atoms with van der Waals surface area (Å²) in [7, 11) is 0. The topological polar surface area (TPSA) is 96.8 Å². The summed E-state index contributed by atoms with van der Waals surface area (Å²) in [5, 5.41) is 9.81. The quantitative estimate of drug-likeness (QED) is 0.291. The number of carbonyl (C=O) groups is 2. The predicted octanol–water partition coefficient (Wildman–Crippen LogP) is 4.04. The third-order valence-electron chi connectivity index (χ3n) is 5.02. The number of hydrogen-bond acceptors (Lipinski definition) is 5. The molecule has 0 spiro atoms. The summed E-state index contributed by atoms with van der Waals surface area (Å²) >= 11 is 1.22. The van der Waals surface area contributed by atoms with Gasteiger partial charge in [0.2, 0.25) is 0 Å². The number of ketones is 1. The molecule has 1 heterocycles. The Morgan fingerprint density at radius 2 is 1.55 bits per heavy atom. The van der Waals surface area contributed by atoms with Gasteiger partial charge in [0, 0.05) is 23.4 Å². The van der Waals surface area contributed by atoms with Crippen molar-refractivity contribution in [3.63, 3.8) is 0 Å². The lowest BCUT2D eigenvalue weighted by Crippen LogP contribution is -2.19. The standard InChI is InChI=1S/C25H22N4O3S/c30-22(19-11-13-21(14-12-19)26-23(31)20-9-5-2-6-10-20)17-33-25-28-27-24(32)29(25)16-15-18-7-3-1-4-8-18/h1-14H,15-17H2,(H,26,31)(H,27,32). The molecule has 0 radical (unpaired) electrons. The van der Waals surface area contributed by atoms with Gasteiger partial charge in [-0.3, -0.25) is 14.2 Å². The zero-order chi connectivity index (χ0) is 23.0. The van der Waals surface area contributed by atoms with E-state index in [0.717, 1.165) is 5.56 Å². The smallest absolute Gasteiger partial charge is 0.322 e. The number of aryl methyl sites for hydroxylation is 1. The van der Waals surface area contributed by atoms with Gasteiger partial charge in [0.25, 0.3) is 5.91 Å². The number of thioether (sulfide) groups is 1. The third kappa shape index (κ3) is 5.87. The number of aromatic amines is 1. The van der Waals surface area contributed by atoms with Crippen LogP contribution < -0.4 is 11.0 Å². The van der Waals surface area contributed by atoms with Crippen LogP contribution in [-0.4, -0.2) is 32.2 Å². The van der Waals surface area contributed by atoms with E-state index in [1.807, 2.05) is 36.4 Å². The molecular weight excluding hydrogens is 436 g/mol. The number of H-pyrrole nitrogens is 1. The fourth-order valence-corrected chi connectivity index (χ4v) is 4.11. The van der Waals surface area contributed by atoms with Crippen LogP contribution in [0.5, 0.6) is 0 Å². The number of amides is 1. The second-order valence-electron chi connectivity index (χ2n) is 7.31. The Morgan fingerprint density at radius 3 is 2.24 bits per heavy atom. The van der Waals surface area contributed by atoms with E-state index in [1.54, 1.807) is 53.1 Å².